The fraction of sp³-hybridized carbons (Fsp3) is 0.368. The molecule has 1 N–H and O–H groups in total. The molecule has 5 nitrogen and oxygen atoms in total. The third-order valence-corrected chi connectivity index (χ3v) is 4.61. The SMILES string of the molecule is COc1ncccc1C(=O)N1CCC(C(O)c2ccccc2)CC1. The highest BCUT2D eigenvalue weighted by molar-refractivity contribution is 5.96. The molecule has 1 amide bonds. The van der Waals surface area contributed by atoms with Crippen molar-refractivity contribution in [1.82, 2.24) is 9.88 Å². The predicted octanol–water partition coefficient (Wildman–Crippen LogP) is 2.68. The van der Waals surface area contributed by atoms with Crippen LogP contribution in [0.15, 0.2) is 48.7 Å². The summed E-state index contributed by atoms with van der Waals surface area (Å²) >= 11 is 0. The first kappa shape index (κ1) is 16.5. The van der Waals surface area contributed by atoms with Gasteiger partial charge >= 0.3 is 0 Å². The van der Waals surface area contributed by atoms with Gasteiger partial charge in [-0.1, -0.05) is 30.3 Å². The molecule has 5 heteroatoms. The van der Waals surface area contributed by atoms with E-state index >= 15 is 0 Å². The monoisotopic (exact) mass is 326 g/mol. The number of ether oxygens (including phenoxy) is 1. The van der Waals surface area contributed by atoms with E-state index in [4.69, 9.17) is 4.74 Å². The Balaban J connectivity index is 1.64. The lowest BCUT2D eigenvalue weighted by Crippen LogP contribution is -2.40. The van der Waals surface area contributed by atoms with E-state index in [9.17, 15) is 9.90 Å². The van der Waals surface area contributed by atoms with E-state index in [1.165, 1.54) is 7.11 Å². The van der Waals surface area contributed by atoms with Crippen molar-refractivity contribution in [2.24, 2.45) is 5.92 Å². The Morgan fingerprint density at radius 3 is 2.58 bits per heavy atom. The van der Waals surface area contributed by atoms with Crippen molar-refractivity contribution < 1.29 is 14.6 Å². The molecule has 0 spiro atoms. The Morgan fingerprint density at radius 1 is 1.21 bits per heavy atom. The van der Waals surface area contributed by atoms with Crippen LogP contribution >= 0.6 is 0 Å². The molecule has 24 heavy (non-hydrogen) atoms. The summed E-state index contributed by atoms with van der Waals surface area (Å²) in [6.45, 7) is 1.26. The van der Waals surface area contributed by atoms with Crippen LogP contribution in [0.2, 0.25) is 0 Å². The van der Waals surface area contributed by atoms with Crippen LogP contribution in [0.25, 0.3) is 0 Å². The van der Waals surface area contributed by atoms with E-state index in [1.54, 1.807) is 18.3 Å². The number of pyridine rings is 1. The number of benzene rings is 1. The summed E-state index contributed by atoms with van der Waals surface area (Å²) in [6.07, 6.45) is 2.70. The largest absolute Gasteiger partial charge is 0.480 e. The highest BCUT2D eigenvalue weighted by Crippen LogP contribution is 2.31. The minimum Gasteiger partial charge on any atom is -0.480 e. The zero-order valence-electron chi connectivity index (χ0n) is 13.8. The number of hydrogen-bond donors (Lipinski definition) is 1. The number of carbonyl (C=O) groups is 1. The fourth-order valence-corrected chi connectivity index (χ4v) is 3.23. The van der Waals surface area contributed by atoms with E-state index < -0.39 is 6.10 Å². The number of rotatable bonds is 4. The molecule has 3 rings (SSSR count). The van der Waals surface area contributed by atoms with Gasteiger partial charge in [-0.15, -0.1) is 0 Å². The minimum absolute atomic E-state index is 0.0624. The normalized spacial score (nSPS) is 16.7. The average molecular weight is 326 g/mol. The summed E-state index contributed by atoms with van der Waals surface area (Å²) in [5.41, 5.74) is 1.43. The van der Waals surface area contributed by atoms with Crippen LogP contribution in [-0.4, -0.2) is 41.1 Å². The Morgan fingerprint density at radius 2 is 1.92 bits per heavy atom. The molecule has 1 unspecified atom stereocenters. The molecule has 1 aliphatic rings. The van der Waals surface area contributed by atoms with Gasteiger partial charge in [0.05, 0.1) is 13.2 Å². The third-order valence-electron chi connectivity index (χ3n) is 4.61. The molecular formula is C19H22N2O3. The first-order chi connectivity index (χ1) is 11.7. The van der Waals surface area contributed by atoms with Crippen molar-refractivity contribution in [3.05, 3.63) is 59.8 Å². The van der Waals surface area contributed by atoms with Crippen molar-refractivity contribution >= 4 is 5.91 Å². The second-order valence-electron chi connectivity index (χ2n) is 6.05. The van der Waals surface area contributed by atoms with Crippen molar-refractivity contribution in [2.45, 2.75) is 18.9 Å². The summed E-state index contributed by atoms with van der Waals surface area (Å²) in [5, 5.41) is 10.5. The van der Waals surface area contributed by atoms with Gasteiger partial charge in [-0.25, -0.2) is 4.98 Å². The quantitative estimate of drug-likeness (QED) is 0.938. The second kappa shape index (κ2) is 7.45. The van der Waals surface area contributed by atoms with Crippen molar-refractivity contribution in [2.75, 3.05) is 20.2 Å². The summed E-state index contributed by atoms with van der Waals surface area (Å²) in [6, 6.07) is 13.2. The maximum atomic E-state index is 12.7. The topological polar surface area (TPSA) is 62.7 Å². The predicted molar refractivity (Wildman–Crippen MR) is 90.8 cm³/mol. The van der Waals surface area contributed by atoms with Crippen LogP contribution in [0.5, 0.6) is 5.88 Å². The third kappa shape index (κ3) is 3.41. The molecule has 2 aromatic rings. The van der Waals surface area contributed by atoms with Crippen molar-refractivity contribution in [3.63, 3.8) is 0 Å². The highest BCUT2D eigenvalue weighted by Gasteiger charge is 2.29. The van der Waals surface area contributed by atoms with Gasteiger partial charge in [-0.3, -0.25) is 4.79 Å². The van der Waals surface area contributed by atoms with Gasteiger partial charge in [-0.2, -0.15) is 0 Å². The fourth-order valence-electron chi connectivity index (χ4n) is 3.23. The zero-order chi connectivity index (χ0) is 16.9. The molecule has 0 bridgehead atoms. The molecule has 1 aromatic heterocycles. The summed E-state index contributed by atoms with van der Waals surface area (Å²) in [4.78, 5) is 18.6. The van der Waals surface area contributed by atoms with E-state index in [0.29, 0.717) is 24.5 Å². The van der Waals surface area contributed by atoms with Crippen LogP contribution in [0.1, 0.15) is 34.9 Å². The van der Waals surface area contributed by atoms with Gasteiger partial charge in [-0.05, 0) is 36.5 Å². The number of aliphatic hydroxyl groups excluding tert-OH is 1. The first-order valence-corrected chi connectivity index (χ1v) is 8.22. The Kier molecular flexibility index (Phi) is 5.11. The van der Waals surface area contributed by atoms with Gasteiger partial charge in [0.15, 0.2) is 0 Å². The lowest BCUT2D eigenvalue weighted by atomic mass is 9.87. The van der Waals surface area contributed by atoms with Gasteiger partial charge in [0.1, 0.15) is 5.56 Å². The second-order valence-corrected chi connectivity index (χ2v) is 6.05. The zero-order valence-corrected chi connectivity index (χ0v) is 13.8. The Labute approximate surface area is 141 Å². The number of piperidine rings is 1. The standard InChI is InChI=1S/C19H22N2O3/c1-24-18-16(8-5-11-20-18)19(23)21-12-9-15(10-13-21)17(22)14-6-3-2-4-7-14/h2-8,11,15,17,22H,9-10,12-13H2,1H3. The van der Waals surface area contributed by atoms with Crippen LogP contribution in [0.3, 0.4) is 0 Å². The Bertz CT molecular complexity index is 682. The number of likely N-dealkylation sites (tertiary alicyclic amines) is 1. The molecule has 126 valence electrons. The maximum absolute atomic E-state index is 12.7. The summed E-state index contributed by atoms with van der Waals surface area (Å²) in [5.74, 6) is 0.466. The number of carbonyl (C=O) groups excluding carboxylic acids is 1. The van der Waals surface area contributed by atoms with E-state index in [-0.39, 0.29) is 11.8 Å². The van der Waals surface area contributed by atoms with Gasteiger partial charge < -0.3 is 14.7 Å². The van der Waals surface area contributed by atoms with Crippen LogP contribution in [-0.2, 0) is 0 Å². The van der Waals surface area contributed by atoms with Crippen LogP contribution in [0.4, 0.5) is 0 Å². The lowest BCUT2D eigenvalue weighted by Gasteiger charge is -2.34. The van der Waals surface area contributed by atoms with Crippen LogP contribution in [0, 0.1) is 5.92 Å². The molecule has 1 saturated heterocycles. The van der Waals surface area contributed by atoms with Gasteiger partial charge in [0.2, 0.25) is 5.88 Å². The van der Waals surface area contributed by atoms with E-state index in [2.05, 4.69) is 4.98 Å². The minimum atomic E-state index is -0.476. The van der Waals surface area contributed by atoms with E-state index in [1.807, 2.05) is 35.2 Å². The number of amides is 1. The van der Waals surface area contributed by atoms with E-state index in [0.717, 1.165) is 18.4 Å². The maximum Gasteiger partial charge on any atom is 0.259 e. The highest BCUT2D eigenvalue weighted by atomic mass is 16.5. The molecule has 1 aromatic carbocycles. The van der Waals surface area contributed by atoms with Gasteiger partial charge in [0.25, 0.3) is 5.91 Å². The molecule has 1 fully saturated rings. The van der Waals surface area contributed by atoms with Crippen LogP contribution < -0.4 is 4.74 Å². The number of aromatic nitrogens is 1. The van der Waals surface area contributed by atoms with Crippen molar-refractivity contribution in [3.8, 4) is 5.88 Å². The molecule has 0 saturated carbocycles. The number of nitrogens with zero attached hydrogens (tertiary/aromatic N) is 2. The number of aliphatic hydroxyl groups is 1. The van der Waals surface area contributed by atoms with Gasteiger partial charge in [0, 0.05) is 19.3 Å². The first-order valence-electron chi connectivity index (χ1n) is 8.22. The number of methoxy groups -OCH3 is 1. The molecular weight excluding hydrogens is 304 g/mol. The summed E-state index contributed by atoms with van der Waals surface area (Å²) in [7, 11) is 1.52. The molecule has 1 aliphatic heterocycles. The molecule has 1 atom stereocenters. The van der Waals surface area contributed by atoms with Crippen molar-refractivity contribution in [1.29, 1.82) is 0 Å². The Hall–Kier alpha value is -2.40. The molecule has 0 radical (unpaired) electrons. The summed E-state index contributed by atoms with van der Waals surface area (Å²) < 4.78 is 5.18. The molecule has 2 heterocycles. The molecule has 0 aliphatic carbocycles. The average Bonchev–Trinajstić information content (AvgIpc) is 2.67. The lowest BCUT2D eigenvalue weighted by molar-refractivity contribution is 0.0460. The smallest absolute Gasteiger partial charge is 0.259 e. The number of hydrogen-bond acceptors (Lipinski definition) is 4.